The molecule has 6 fully saturated rings. The molecule has 18 unspecified atom stereocenters. The van der Waals surface area contributed by atoms with E-state index in [1.165, 1.54) is 136 Å². The van der Waals surface area contributed by atoms with E-state index in [2.05, 4.69) is 236 Å². The number of ether oxygens (including phenoxy) is 8. The van der Waals surface area contributed by atoms with Crippen LogP contribution in [0.15, 0.2) is 146 Å². The molecule has 2 N–H and O–H groups in total. The van der Waals surface area contributed by atoms with E-state index in [1.54, 1.807) is 24.3 Å². The molecule has 0 heterocycles. The molecule has 12 rings (SSSR count). The molecule has 0 spiro atoms. The summed E-state index contributed by atoms with van der Waals surface area (Å²) >= 11 is 0. The third-order valence-electron chi connectivity index (χ3n) is 25.9. The van der Waals surface area contributed by atoms with E-state index in [-0.39, 0.29) is 48.2 Å². The fourth-order valence-corrected chi connectivity index (χ4v) is 17.5. The number of fused-ring (bicyclic) bond motifs is 7. The molecule has 6 saturated carbocycles. The van der Waals surface area contributed by atoms with Gasteiger partial charge in [-0.25, -0.2) is 0 Å². The Morgan fingerprint density at radius 2 is 0.761 bits per heavy atom. The van der Waals surface area contributed by atoms with Gasteiger partial charge in [0.2, 0.25) is 18.9 Å². The Kier molecular flexibility index (Phi) is 39.0. The van der Waals surface area contributed by atoms with Crippen LogP contribution < -0.4 is 18.9 Å². The Labute approximate surface area is 689 Å². The fraction of sp³-hybridized carbons (Fsp3) is 0.650. The van der Waals surface area contributed by atoms with Gasteiger partial charge in [-0.05, 0) is 320 Å². The summed E-state index contributed by atoms with van der Waals surface area (Å²) in [5.74, 6) is 13.7. The lowest BCUT2D eigenvalue weighted by atomic mass is 9.75. The van der Waals surface area contributed by atoms with Gasteiger partial charge in [0, 0.05) is 17.8 Å². The van der Waals surface area contributed by atoms with Crippen LogP contribution in [0.2, 0.25) is 0 Å². The molecule has 6 aliphatic carbocycles. The minimum Gasteiger partial charge on any atom is -0.508 e. The molecule has 0 saturated heterocycles. The molecule has 6 aromatic rings. The maximum absolute atomic E-state index is 9.01. The molecule has 0 aliphatic heterocycles. The van der Waals surface area contributed by atoms with Gasteiger partial charge in [-0.1, -0.05) is 223 Å². The number of hydrogen-bond acceptors (Lipinski definition) is 10. The molecular formula is C103H158O10. The van der Waals surface area contributed by atoms with Crippen LogP contribution in [0.3, 0.4) is 0 Å². The van der Waals surface area contributed by atoms with Gasteiger partial charge in [-0.15, -0.1) is 0 Å². The van der Waals surface area contributed by atoms with Crippen molar-refractivity contribution in [1.29, 1.82) is 0 Å². The van der Waals surface area contributed by atoms with E-state index in [4.69, 9.17) is 48.1 Å². The Morgan fingerprint density at radius 3 is 1.13 bits per heavy atom. The van der Waals surface area contributed by atoms with Crippen LogP contribution >= 0.6 is 0 Å². The third-order valence-corrected chi connectivity index (χ3v) is 25.9. The second kappa shape index (κ2) is 46.8. The quantitative estimate of drug-likeness (QED) is 0.0408. The summed E-state index contributed by atoms with van der Waals surface area (Å²) < 4.78 is 49.4. The SMILES string of the molecule is CCC(C)c1ccc(O)cc1.CCC(C)c1ccc(O)cc1.CCC(C)c1ccc(OC(C)OC2CC3CCC2C3)cc1.CCC(C)c1ccc(OC(CC(C)(C)C)OC(C)C)cc1.CCC(C)c1ccc(OC(OC(C)C)C2(C)CCCCC2)cc1.CCC(C)c1ccc(OC(OC2CC3CC2C2CCCC32)C(C)C)cc1. The van der Waals surface area contributed by atoms with Crippen molar-refractivity contribution in [3.8, 4) is 34.5 Å². The van der Waals surface area contributed by atoms with Gasteiger partial charge in [0.1, 0.15) is 34.5 Å². The molecule has 0 aromatic heterocycles. The zero-order chi connectivity index (χ0) is 82.5. The van der Waals surface area contributed by atoms with Gasteiger partial charge in [0.15, 0.2) is 6.29 Å². The molecule has 0 amide bonds. The summed E-state index contributed by atoms with van der Waals surface area (Å²) in [7, 11) is 0. The minimum atomic E-state index is -0.195. The average molecular weight is 1560 g/mol. The van der Waals surface area contributed by atoms with Crippen molar-refractivity contribution < 1.29 is 48.1 Å². The van der Waals surface area contributed by atoms with Crippen molar-refractivity contribution in [2.75, 3.05) is 0 Å². The number of benzene rings is 6. The molecule has 6 aromatic carbocycles. The van der Waals surface area contributed by atoms with E-state index < -0.39 is 0 Å². The molecule has 18 atom stereocenters. The summed E-state index contributed by atoms with van der Waals surface area (Å²) in [5.41, 5.74) is 8.41. The first-order valence-electron chi connectivity index (χ1n) is 45.1. The van der Waals surface area contributed by atoms with E-state index in [0.717, 1.165) is 90.6 Å². The lowest BCUT2D eigenvalue weighted by Crippen LogP contribution is -2.42. The van der Waals surface area contributed by atoms with Crippen molar-refractivity contribution in [3.05, 3.63) is 179 Å². The normalized spacial score (nSPS) is 23.1. The van der Waals surface area contributed by atoms with Gasteiger partial charge in [-0.3, -0.25) is 0 Å². The van der Waals surface area contributed by atoms with Crippen LogP contribution in [0.1, 0.15) is 363 Å². The summed E-state index contributed by atoms with van der Waals surface area (Å²) in [5, 5.41) is 18.0. The fourth-order valence-electron chi connectivity index (χ4n) is 17.5. The van der Waals surface area contributed by atoms with E-state index >= 15 is 0 Å². The van der Waals surface area contributed by atoms with Gasteiger partial charge in [0.05, 0.1) is 24.4 Å². The van der Waals surface area contributed by atoms with Crippen molar-refractivity contribution >= 4 is 0 Å². The van der Waals surface area contributed by atoms with Crippen LogP contribution in [0.4, 0.5) is 0 Å². The topological polar surface area (TPSA) is 114 Å². The zero-order valence-corrected chi connectivity index (χ0v) is 75.0. The highest BCUT2D eigenvalue weighted by Gasteiger charge is 2.55. The molecule has 10 nitrogen and oxygen atoms in total. The summed E-state index contributed by atoms with van der Waals surface area (Å²) in [6, 6.07) is 49.0. The molecule has 630 valence electrons. The number of phenolic OH excluding ortho intramolecular Hbond substituents is 2. The number of aromatic hydroxyl groups is 2. The summed E-state index contributed by atoms with van der Waals surface area (Å²) in [4.78, 5) is 0. The van der Waals surface area contributed by atoms with Crippen LogP contribution in [0, 0.1) is 52.3 Å². The first kappa shape index (κ1) is 94.1. The van der Waals surface area contributed by atoms with Crippen molar-refractivity contribution in [3.63, 3.8) is 0 Å². The van der Waals surface area contributed by atoms with Gasteiger partial charge in [0.25, 0.3) is 0 Å². The van der Waals surface area contributed by atoms with Gasteiger partial charge in [-0.2, -0.15) is 0 Å². The average Bonchev–Trinajstić information content (AvgIpc) is 1.60. The lowest BCUT2D eigenvalue weighted by Gasteiger charge is -2.40. The number of phenols is 2. The Morgan fingerprint density at radius 1 is 0.372 bits per heavy atom. The predicted molar refractivity (Wildman–Crippen MR) is 472 cm³/mol. The van der Waals surface area contributed by atoms with E-state index in [9.17, 15) is 0 Å². The van der Waals surface area contributed by atoms with Gasteiger partial charge < -0.3 is 48.1 Å². The molecule has 10 heteroatoms. The maximum Gasteiger partial charge on any atom is 0.205 e. The molecule has 6 aliphatic rings. The van der Waals surface area contributed by atoms with Crippen LogP contribution in [-0.2, 0) is 18.9 Å². The Balaban J connectivity index is 0.000000192. The van der Waals surface area contributed by atoms with Crippen LogP contribution in [-0.4, -0.2) is 59.8 Å². The monoisotopic (exact) mass is 1560 g/mol. The number of rotatable bonds is 31. The van der Waals surface area contributed by atoms with Crippen LogP contribution in [0.25, 0.3) is 0 Å². The Hall–Kier alpha value is -6.04. The predicted octanol–water partition coefficient (Wildman–Crippen LogP) is 29.4. The summed E-state index contributed by atoms with van der Waals surface area (Å²) in [6.45, 7) is 50.3. The van der Waals surface area contributed by atoms with Crippen molar-refractivity contribution in [1.82, 2.24) is 0 Å². The standard InChI is InChI=1S/C24H36O2.C21H34O2.C19H28O2.C19H32O2.2C10H14O/c1-5-16(4)17-9-11-19(12-10-17)25-24(15(2)3)26-23-14-18-13-22(23)21-8-6-7-20(18)21;1-6-17(4)18-10-12-19(13-11-18)23-20(22-16(2)3)21(5)14-8-7-9-15-21;1-4-13(2)16-7-9-18(10-8-16)20-14(3)21-19-12-15-5-6-17(19)11-15;1-8-15(4)16-9-11-17(12-10-16)21-18(20-14(2)3)13-19(5,6)7;2*1-3-8(2)9-4-6-10(11)7-5-9/h9-12,15-16,18,20-24H,5-8,13-14H2,1-4H3;10-13,16-17,20H,6-9,14-15H2,1-5H3;7-10,13-15,17,19H,4-6,11-12H2,1-3H3;9-12,14-15,18H,8,13H2,1-7H3;2*4-8,11H,3H2,1-2H3. The first-order chi connectivity index (χ1) is 53.8. The molecular weight excluding hydrogens is 1400 g/mol. The molecule has 113 heavy (non-hydrogen) atoms. The van der Waals surface area contributed by atoms with Crippen LogP contribution in [0.5, 0.6) is 34.5 Å². The second-order valence-corrected chi connectivity index (χ2v) is 37.3. The highest BCUT2D eigenvalue weighted by molar-refractivity contribution is 5.33. The molecule has 4 bridgehead atoms. The van der Waals surface area contributed by atoms with E-state index in [1.807, 2.05) is 45.0 Å². The van der Waals surface area contributed by atoms with Crippen molar-refractivity contribution in [2.24, 2.45) is 52.3 Å². The highest BCUT2D eigenvalue weighted by Crippen LogP contribution is 2.60. The maximum atomic E-state index is 9.01. The molecule has 0 radical (unpaired) electrons. The first-order valence-corrected chi connectivity index (χ1v) is 45.1. The number of hydrogen-bond donors (Lipinski definition) is 2. The van der Waals surface area contributed by atoms with E-state index in [0.29, 0.717) is 65.1 Å². The highest BCUT2D eigenvalue weighted by atomic mass is 16.7. The second-order valence-electron chi connectivity index (χ2n) is 37.3. The Bertz CT molecular complexity index is 3470. The van der Waals surface area contributed by atoms with Gasteiger partial charge >= 0.3 is 0 Å². The lowest BCUT2D eigenvalue weighted by molar-refractivity contribution is -0.182. The zero-order valence-electron chi connectivity index (χ0n) is 75.0. The largest absolute Gasteiger partial charge is 0.508 e. The van der Waals surface area contributed by atoms with Crippen molar-refractivity contribution in [2.45, 2.75) is 379 Å². The minimum absolute atomic E-state index is 0.123. The third kappa shape index (κ3) is 30.4. The summed E-state index contributed by atoms with van der Waals surface area (Å²) in [6.07, 6.45) is 27.1. The smallest absolute Gasteiger partial charge is 0.205 e.